The third-order valence-corrected chi connectivity index (χ3v) is 6.21. The molecule has 0 bridgehead atoms. The zero-order chi connectivity index (χ0) is 13.7. The van der Waals surface area contributed by atoms with Gasteiger partial charge in [-0.05, 0) is 63.8 Å². The van der Waals surface area contributed by atoms with Crippen LogP contribution in [0.3, 0.4) is 0 Å². The first-order valence-corrected chi connectivity index (χ1v) is 9.37. The molecule has 1 saturated carbocycles. The summed E-state index contributed by atoms with van der Waals surface area (Å²) in [6.45, 7) is 10.9. The Kier molecular flexibility index (Phi) is 6.51. The summed E-state index contributed by atoms with van der Waals surface area (Å²) < 4.78 is 0. The molecule has 0 aromatic heterocycles. The Balaban J connectivity index is 1.73. The number of piperidine rings is 1. The van der Waals surface area contributed by atoms with Gasteiger partial charge in [0.15, 0.2) is 0 Å². The van der Waals surface area contributed by atoms with Crippen LogP contribution < -0.4 is 5.32 Å². The highest BCUT2D eigenvalue weighted by Crippen LogP contribution is 2.30. The first-order valence-electron chi connectivity index (χ1n) is 8.32. The SMILES string of the molecule is CCSC1CCC(NC(C)C2CCCN(CC)C2)C1. The molecule has 112 valence electrons. The lowest BCUT2D eigenvalue weighted by molar-refractivity contribution is 0.152. The molecule has 0 radical (unpaired) electrons. The smallest absolute Gasteiger partial charge is 0.00818 e. The summed E-state index contributed by atoms with van der Waals surface area (Å²) in [5, 5.41) is 4.87. The van der Waals surface area contributed by atoms with Gasteiger partial charge in [-0.2, -0.15) is 11.8 Å². The van der Waals surface area contributed by atoms with Crippen molar-refractivity contribution < 1.29 is 0 Å². The molecule has 0 aromatic carbocycles. The maximum Gasteiger partial charge on any atom is 0.00818 e. The van der Waals surface area contributed by atoms with Crippen molar-refractivity contribution in [3.05, 3.63) is 0 Å². The van der Waals surface area contributed by atoms with Crippen molar-refractivity contribution in [1.29, 1.82) is 0 Å². The van der Waals surface area contributed by atoms with Gasteiger partial charge in [-0.25, -0.2) is 0 Å². The lowest BCUT2D eigenvalue weighted by Crippen LogP contribution is -2.47. The van der Waals surface area contributed by atoms with Gasteiger partial charge in [-0.3, -0.25) is 0 Å². The van der Waals surface area contributed by atoms with E-state index in [0.717, 1.165) is 17.2 Å². The fourth-order valence-electron chi connectivity index (χ4n) is 3.77. The van der Waals surface area contributed by atoms with Crippen LogP contribution in [0.2, 0.25) is 0 Å². The van der Waals surface area contributed by atoms with Crippen LogP contribution in [-0.4, -0.2) is 47.6 Å². The number of likely N-dealkylation sites (tertiary alicyclic amines) is 1. The van der Waals surface area contributed by atoms with Crippen molar-refractivity contribution in [2.45, 2.75) is 70.2 Å². The van der Waals surface area contributed by atoms with Crippen molar-refractivity contribution in [2.75, 3.05) is 25.4 Å². The molecule has 1 aliphatic carbocycles. The molecule has 1 N–H and O–H groups in total. The van der Waals surface area contributed by atoms with Crippen LogP contribution in [-0.2, 0) is 0 Å². The van der Waals surface area contributed by atoms with E-state index in [9.17, 15) is 0 Å². The fourth-order valence-corrected chi connectivity index (χ4v) is 4.92. The van der Waals surface area contributed by atoms with Crippen molar-refractivity contribution >= 4 is 11.8 Å². The van der Waals surface area contributed by atoms with E-state index in [1.54, 1.807) is 0 Å². The number of nitrogens with zero attached hydrogens (tertiary/aromatic N) is 1. The Morgan fingerprint density at radius 1 is 1.26 bits per heavy atom. The van der Waals surface area contributed by atoms with Gasteiger partial charge in [0, 0.05) is 23.9 Å². The van der Waals surface area contributed by atoms with Crippen LogP contribution in [0.1, 0.15) is 52.9 Å². The van der Waals surface area contributed by atoms with Crippen LogP contribution in [0.5, 0.6) is 0 Å². The summed E-state index contributed by atoms with van der Waals surface area (Å²) >= 11 is 2.16. The quantitative estimate of drug-likeness (QED) is 0.805. The van der Waals surface area contributed by atoms with Crippen LogP contribution in [0.4, 0.5) is 0 Å². The highest BCUT2D eigenvalue weighted by Gasteiger charge is 2.29. The Labute approximate surface area is 124 Å². The zero-order valence-corrected chi connectivity index (χ0v) is 13.8. The maximum absolute atomic E-state index is 3.94. The molecule has 2 nitrogen and oxygen atoms in total. The van der Waals surface area contributed by atoms with Gasteiger partial charge in [-0.1, -0.05) is 13.8 Å². The maximum atomic E-state index is 3.94. The molecule has 1 saturated heterocycles. The second-order valence-electron chi connectivity index (χ2n) is 6.34. The molecular weight excluding hydrogens is 252 g/mol. The highest BCUT2D eigenvalue weighted by atomic mass is 32.2. The van der Waals surface area contributed by atoms with Gasteiger partial charge in [0.25, 0.3) is 0 Å². The number of hydrogen-bond acceptors (Lipinski definition) is 3. The Morgan fingerprint density at radius 2 is 2.11 bits per heavy atom. The van der Waals surface area contributed by atoms with Crippen LogP contribution in [0.25, 0.3) is 0 Å². The molecule has 0 spiro atoms. The molecule has 3 heteroatoms. The summed E-state index contributed by atoms with van der Waals surface area (Å²) in [4.78, 5) is 2.62. The molecule has 4 atom stereocenters. The Bertz CT molecular complexity index is 259. The van der Waals surface area contributed by atoms with E-state index in [1.807, 2.05) is 0 Å². The minimum absolute atomic E-state index is 0.699. The molecule has 1 aliphatic heterocycles. The van der Waals surface area contributed by atoms with E-state index in [2.05, 4.69) is 42.7 Å². The lowest BCUT2D eigenvalue weighted by Gasteiger charge is -2.36. The topological polar surface area (TPSA) is 15.3 Å². The van der Waals surface area contributed by atoms with Crippen LogP contribution >= 0.6 is 11.8 Å². The largest absolute Gasteiger partial charge is 0.311 e. The molecule has 4 unspecified atom stereocenters. The van der Waals surface area contributed by atoms with Crippen LogP contribution in [0.15, 0.2) is 0 Å². The van der Waals surface area contributed by atoms with Gasteiger partial charge in [0.1, 0.15) is 0 Å². The van der Waals surface area contributed by atoms with Crippen molar-refractivity contribution in [3.63, 3.8) is 0 Å². The third-order valence-electron chi connectivity index (χ3n) is 4.98. The average Bonchev–Trinajstić information content (AvgIpc) is 2.86. The first-order chi connectivity index (χ1) is 9.22. The minimum atomic E-state index is 0.699. The van der Waals surface area contributed by atoms with E-state index < -0.39 is 0 Å². The molecule has 0 aromatic rings. The third kappa shape index (κ3) is 4.64. The van der Waals surface area contributed by atoms with E-state index in [-0.39, 0.29) is 0 Å². The second-order valence-corrected chi connectivity index (χ2v) is 7.92. The molecule has 0 amide bonds. The number of nitrogens with one attached hydrogen (secondary N) is 1. The summed E-state index contributed by atoms with van der Waals surface area (Å²) in [6.07, 6.45) is 7.03. The molecule has 1 heterocycles. The fraction of sp³-hybridized carbons (Fsp3) is 1.00. The van der Waals surface area contributed by atoms with Gasteiger partial charge < -0.3 is 10.2 Å². The summed E-state index contributed by atoms with van der Waals surface area (Å²) in [5.41, 5.74) is 0. The molecular formula is C16H32N2S. The second kappa shape index (κ2) is 7.90. The van der Waals surface area contributed by atoms with E-state index in [4.69, 9.17) is 0 Å². The normalized spacial score (nSPS) is 34.6. The molecule has 2 aliphatic rings. The molecule has 19 heavy (non-hydrogen) atoms. The first kappa shape index (κ1) is 15.7. The van der Waals surface area contributed by atoms with E-state index in [1.165, 1.54) is 57.5 Å². The summed E-state index contributed by atoms with van der Waals surface area (Å²) in [6, 6.07) is 1.49. The zero-order valence-electron chi connectivity index (χ0n) is 13.0. The Morgan fingerprint density at radius 3 is 2.84 bits per heavy atom. The average molecular weight is 285 g/mol. The molecule has 2 rings (SSSR count). The predicted molar refractivity (Wildman–Crippen MR) is 87.0 cm³/mol. The van der Waals surface area contributed by atoms with Gasteiger partial charge >= 0.3 is 0 Å². The highest BCUT2D eigenvalue weighted by molar-refractivity contribution is 7.99. The van der Waals surface area contributed by atoms with E-state index >= 15 is 0 Å². The van der Waals surface area contributed by atoms with Crippen LogP contribution in [0, 0.1) is 5.92 Å². The van der Waals surface area contributed by atoms with Crippen molar-refractivity contribution in [1.82, 2.24) is 10.2 Å². The lowest BCUT2D eigenvalue weighted by atomic mass is 9.91. The van der Waals surface area contributed by atoms with Crippen molar-refractivity contribution in [2.24, 2.45) is 5.92 Å². The summed E-state index contributed by atoms with van der Waals surface area (Å²) in [5.74, 6) is 2.15. The van der Waals surface area contributed by atoms with Gasteiger partial charge in [-0.15, -0.1) is 0 Å². The van der Waals surface area contributed by atoms with Gasteiger partial charge in [0.2, 0.25) is 0 Å². The minimum Gasteiger partial charge on any atom is -0.311 e. The number of rotatable bonds is 6. The van der Waals surface area contributed by atoms with Gasteiger partial charge in [0.05, 0.1) is 0 Å². The summed E-state index contributed by atoms with van der Waals surface area (Å²) in [7, 11) is 0. The molecule has 2 fully saturated rings. The predicted octanol–water partition coefficient (Wildman–Crippen LogP) is 3.37. The number of thioether (sulfide) groups is 1. The van der Waals surface area contributed by atoms with E-state index in [0.29, 0.717) is 6.04 Å². The standard InChI is InChI=1S/C16H32N2S/c1-4-18-10-6-7-14(12-18)13(3)17-15-8-9-16(11-15)19-5-2/h13-17H,4-12H2,1-3H3. The Hall–Kier alpha value is 0.270. The number of hydrogen-bond donors (Lipinski definition) is 1. The van der Waals surface area contributed by atoms with Crippen molar-refractivity contribution in [3.8, 4) is 0 Å². The monoisotopic (exact) mass is 284 g/mol.